The number of fused-ring (bicyclic) bond motifs is 1. The number of rotatable bonds is 4. The Morgan fingerprint density at radius 1 is 1.27 bits per heavy atom. The number of nitrogens with zero attached hydrogens (tertiary/aromatic N) is 2. The summed E-state index contributed by atoms with van der Waals surface area (Å²) in [5, 5.41) is 3.46. The van der Waals surface area contributed by atoms with Crippen LogP contribution >= 0.6 is 0 Å². The Hall–Kier alpha value is -2.96. The van der Waals surface area contributed by atoms with Crippen LogP contribution in [0.4, 0.5) is 0 Å². The van der Waals surface area contributed by atoms with E-state index in [0.717, 1.165) is 11.8 Å². The van der Waals surface area contributed by atoms with E-state index >= 15 is 0 Å². The highest BCUT2D eigenvalue weighted by atomic mass is 16.5. The summed E-state index contributed by atoms with van der Waals surface area (Å²) in [4.78, 5) is 42.9. The average molecular weight is 355 g/mol. The Kier molecular flexibility index (Phi) is 5.16. The number of aromatic nitrogens is 1. The summed E-state index contributed by atoms with van der Waals surface area (Å²) in [6.07, 6.45) is 2.88. The molecule has 1 aromatic carbocycles. The molecule has 1 saturated heterocycles. The molecule has 2 amide bonds. The molecule has 1 aliphatic heterocycles. The molecule has 2 atom stereocenters. The highest BCUT2D eigenvalue weighted by molar-refractivity contribution is 6.07. The van der Waals surface area contributed by atoms with Gasteiger partial charge in [0.1, 0.15) is 12.1 Å². The van der Waals surface area contributed by atoms with Crippen LogP contribution in [0.25, 0.3) is 10.9 Å². The van der Waals surface area contributed by atoms with Crippen molar-refractivity contribution >= 4 is 28.7 Å². The number of amides is 2. The standard InChI is InChI=1S/C19H21N3O4/c1-12(18(24)22-11-5-8-16(22)19(25)26-2)21-17(23)14-9-10-20-15-7-4-3-6-13(14)15/h3-4,6-7,9-10,12,16H,5,8,11H2,1-2H3,(H,21,23)/t12-,16-/m0/s1. The van der Waals surface area contributed by atoms with E-state index in [9.17, 15) is 14.4 Å². The van der Waals surface area contributed by atoms with Crippen molar-refractivity contribution in [2.45, 2.75) is 31.8 Å². The summed E-state index contributed by atoms with van der Waals surface area (Å²) >= 11 is 0. The molecule has 0 unspecified atom stereocenters. The molecule has 2 aromatic rings. The van der Waals surface area contributed by atoms with Crippen molar-refractivity contribution in [1.29, 1.82) is 0 Å². The molecule has 7 nitrogen and oxygen atoms in total. The van der Waals surface area contributed by atoms with Gasteiger partial charge in [-0.05, 0) is 31.9 Å². The van der Waals surface area contributed by atoms with Gasteiger partial charge in [0.2, 0.25) is 5.91 Å². The number of hydrogen-bond donors (Lipinski definition) is 1. The first-order valence-electron chi connectivity index (χ1n) is 8.56. The monoisotopic (exact) mass is 355 g/mol. The van der Waals surface area contributed by atoms with Gasteiger partial charge in [0, 0.05) is 18.1 Å². The fourth-order valence-electron chi connectivity index (χ4n) is 3.29. The lowest BCUT2D eigenvalue weighted by atomic mass is 10.1. The van der Waals surface area contributed by atoms with Gasteiger partial charge < -0.3 is 15.0 Å². The van der Waals surface area contributed by atoms with Gasteiger partial charge >= 0.3 is 5.97 Å². The first kappa shape index (κ1) is 17.8. The maximum absolute atomic E-state index is 12.7. The van der Waals surface area contributed by atoms with Crippen LogP contribution in [-0.4, -0.2) is 53.4 Å². The predicted octanol–water partition coefficient (Wildman–Crippen LogP) is 1.52. The van der Waals surface area contributed by atoms with Crippen molar-refractivity contribution in [2.75, 3.05) is 13.7 Å². The van der Waals surface area contributed by atoms with E-state index in [1.54, 1.807) is 19.2 Å². The molecule has 1 aliphatic rings. The van der Waals surface area contributed by atoms with Crippen molar-refractivity contribution in [1.82, 2.24) is 15.2 Å². The Morgan fingerprint density at radius 3 is 2.81 bits per heavy atom. The Bertz CT molecular complexity index is 846. The minimum atomic E-state index is -0.750. The Morgan fingerprint density at radius 2 is 2.04 bits per heavy atom. The first-order valence-corrected chi connectivity index (χ1v) is 8.56. The second kappa shape index (κ2) is 7.51. The Labute approximate surface area is 151 Å². The number of benzene rings is 1. The number of esters is 1. The van der Waals surface area contributed by atoms with Crippen LogP contribution in [0.15, 0.2) is 36.5 Å². The van der Waals surface area contributed by atoms with E-state index in [1.165, 1.54) is 12.0 Å². The molecule has 1 fully saturated rings. The summed E-state index contributed by atoms with van der Waals surface area (Å²) in [6.45, 7) is 2.10. The van der Waals surface area contributed by atoms with Crippen LogP contribution in [0.1, 0.15) is 30.1 Å². The Balaban J connectivity index is 1.74. The number of nitrogens with one attached hydrogen (secondary N) is 1. The molecular formula is C19H21N3O4. The van der Waals surface area contributed by atoms with Crippen LogP contribution in [0.5, 0.6) is 0 Å². The van der Waals surface area contributed by atoms with Gasteiger partial charge in [-0.2, -0.15) is 0 Å². The number of methoxy groups -OCH3 is 1. The predicted molar refractivity (Wildman–Crippen MR) is 95.4 cm³/mol. The molecule has 0 bridgehead atoms. The van der Waals surface area contributed by atoms with Gasteiger partial charge in [0.05, 0.1) is 18.2 Å². The third-order valence-corrected chi connectivity index (χ3v) is 4.62. The zero-order valence-electron chi connectivity index (χ0n) is 14.8. The molecule has 0 saturated carbocycles. The van der Waals surface area contributed by atoms with E-state index in [2.05, 4.69) is 10.3 Å². The number of pyridine rings is 1. The molecule has 26 heavy (non-hydrogen) atoms. The zero-order valence-corrected chi connectivity index (χ0v) is 14.8. The van der Waals surface area contributed by atoms with Gasteiger partial charge in [-0.15, -0.1) is 0 Å². The molecule has 1 aromatic heterocycles. The third kappa shape index (κ3) is 3.37. The van der Waals surface area contributed by atoms with Gasteiger partial charge in [-0.1, -0.05) is 18.2 Å². The minimum absolute atomic E-state index is 0.287. The fraction of sp³-hybridized carbons (Fsp3) is 0.368. The topological polar surface area (TPSA) is 88.6 Å². The second-order valence-corrected chi connectivity index (χ2v) is 6.28. The second-order valence-electron chi connectivity index (χ2n) is 6.28. The van der Waals surface area contributed by atoms with Crippen LogP contribution in [0, 0.1) is 0 Å². The lowest BCUT2D eigenvalue weighted by Gasteiger charge is -2.26. The van der Waals surface area contributed by atoms with Crippen LogP contribution in [0.2, 0.25) is 0 Å². The number of para-hydroxylation sites is 1. The van der Waals surface area contributed by atoms with Crippen molar-refractivity contribution in [3.8, 4) is 0 Å². The van der Waals surface area contributed by atoms with Crippen LogP contribution < -0.4 is 5.32 Å². The third-order valence-electron chi connectivity index (χ3n) is 4.62. The largest absolute Gasteiger partial charge is 0.467 e. The quantitative estimate of drug-likeness (QED) is 0.840. The SMILES string of the molecule is COC(=O)[C@@H]1CCCN1C(=O)[C@H](C)NC(=O)c1ccnc2ccccc12. The average Bonchev–Trinajstić information content (AvgIpc) is 3.15. The molecular weight excluding hydrogens is 334 g/mol. The molecule has 0 spiro atoms. The number of likely N-dealkylation sites (tertiary alicyclic amines) is 1. The van der Waals surface area contributed by atoms with E-state index < -0.39 is 18.1 Å². The maximum Gasteiger partial charge on any atom is 0.328 e. The van der Waals surface area contributed by atoms with E-state index in [1.807, 2.05) is 24.3 Å². The lowest BCUT2D eigenvalue weighted by molar-refractivity contribution is -0.151. The molecule has 0 aliphatic carbocycles. The summed E-state index contributed by atoms with van der Waals surface area (Å²) in [7, 11) is 1.31. The first-order chi connectivity index (χ1) is 12.5. The molecule has 3 rings (SSSR count). The van der Waals surface area contributed by atoms with Crippen molar-refractivity contribution in [3.63, 3.8) is 0 Å². The minimum Gasteiger partial charge on any atom is -0.467 e. The number of carbonyl (C=O) groups excluding carboxylic acids is 3. The van der Waals surface area contributed by atoms with Gasteiger partial charge in [0.15, 0.2) is 0 Å². The highest BCUT2D eigenvalue weighted by Crippen LogP contribution is 2.20. The van der Waals surface area contributed by atoms with Crippen LogP contribution in [0.3, 0.4) is 0 Å². The van der Waals surface area contributed by atoms with E-state index in [-0.39, 0.29) is 11.8 Å². The fourth-order valence-corrected chi connectivity index (χ4v) is 3.29. The van der Waals surface area contributed by atoms with Crippen molar-refractivity contribution in [3.05, 3.63) is 42.1 Å². The summed E-state index contributed by atoms with van der Waals surface area (Å²) in [5.41, 5.74) is 1.17. The van der Waals surface area contributed by atoms with E-state index in [4.69, 9.17) is 4.74 Å². The molecule has 1 N–H and O–H groups in total. The van der Waals surface area contributed by atoms with Crippen molar-refractivity contribution < 1.29 is 19.1 Å². The lowest BCUT2D eigenvalue weighted by Crippen LogP contribution is -2.50. The molecule has 0 radical (unpaired) electrons. The molecule has 136 valence electrons. The van der Waals surface area contributed by atoms with E-state index in [0.29, 0.717) is 24.0 Å². The number of ether oxygens (including phenoxy) is 1. The van der Waals surface area contributed by atoms with Crippen molar-refractivity contribution in [2.24, 2.45) is 0 Å². The number of hydrogen-bond acceptors (Lipinski definition) is 5. The normalized spacial score (nSPS) is 17.8. The number of carbonyl (C=O) groups is 3. The zero-order chi connectivity index (χ0) is 18.7. The van der Waals surface area contributed by atoms with Gasteiger partial charge in [-0.3, -0.25) is 14.6 Å². The molecule has 7 heteroatoms. The summed E-state index contributed by atoms with van der Waals surface area (Å²) in [5.74, 6) is -1.06. The molecule has 2 heterocycles. The van der Waals surface area contributed by atoms with Gasteiger partial charge in [0.25, 0.3) is 5.91 Å². The van der Waals surface area contributed by atoms with Crippen LogP contribution in [-0.2, 0) is 14.3 Å². The maximum atomic E-state index is 12.7. The summed E-state index contributed by atoms with van der Waals surface area (Å²) < 4.78 is 4.77. The summed E-state index contributed by atoms with van der Waals surface area (Å²) in [6, 6.07) is 7.63. The highest BCUT2D eigenvalue weighted by Gasteiger charge is 2.37. The smallest absolute Gasteiger partial charge is 0.328 e. The van der Waals surface area contributed by atoms with Gasteiger partial charge in [-0.25, -0.2) is 4.79 Å².